The van der Waals surface area contributed by atoms with Crippen molar-refractivity contribution in [2.24, 2.45) is 0 Å². The van der Waals surface area contributed by atoms with Crippen LogP contribution in [0.2, 0.25) is 0 Å². The van der Waals surface area contributed by atoms with Gasteiger partial charge in [0, 0.05) is 17.5 Å². The molecule has 0 aliphatic heterocycles. The zero-order valence-corrected chi connectivity index (χ0v) is 14.8. The van der Waals surface area contributed by atoms with Crippen LogP contribution in [-0.4, -0.2) is 29.4 Å². The highest BCUT2D eigenvalue weighted by Crippen LogP contribution is 2.14. The lowest BCUT2D eigenvalue weighted by Crippen LogP contribution is -2.46. The van der Waals surface area contributed by atoms with Crippen LogP contribution >= 0.6 is 11.3 Å². The van der Waals surface area contributed by atoms with Crippen molar-refractivity contribution in [2.75, 3.05) is 6.54 Å². The number of amides is 3. The van der Waals surface area contributed by atoms with Gasteiger partial charge in [0.15, 0.2) is 0 Å². The number of furan rings is 1. The predicted molar refractivity (Wildman–Crippen MR) is 93.6 cm³/mol. The van der Waals surface area contributed by atoms with Gasteiger partial charge in [-0.15, -0.1) is 11.3 Å². The van der Waals surface area contributed by atoms with Crippen molar-refractivity contribution in [3.05, 3.63) is 46.5 Å². The number of imide groups is 1. The normalized spacial score (nSPS) is 12.1. The van der Waals surface area contributed by atoms with Crippen LogP contribution < -0.4 is 10.6 Å². The fraction of sp³-hybridized carbons (Fsp3) is 0.412. The number of urea groups is 1. The molecule has 7 heteroatoms. The van der Waals surface area contributed by atoms with Crippen molar-refractivity contribution in [1.82, 2.24) is 15.5 Å². The van der Waals surface area contributed by atoms with Crippen molar-refractivity contribution in [3.63, 3.8) is 0 Å². The van der Waals surface area contributed by atoms with E-state index in [-0.39, 0.29) is 18.5 Å². The molecule has 130 valence electrons. The zero-order chi connectivity index (χ0) is 17.4. The van der Waals surface area contributed by atoms with Gasteiger partial charge in [-0.3, -0.25) is 15.0 Å². The Labute approximate surface area is 145 Å². The molecular weight excluding hydrogens is 326 g/mol. The Bertz CT molecular complexity index is 589. The Morgan fingerprint density at radius 1 is 1.29 bits per heavy atom. The Morgan fingerprint density at radius 2 is 2.12 bits per heavy atom. The summed E-state index contributed by atoms with van der Waals surface area (Å²) < 4.78 is 5.36. The third-order valence-electron chi connectivity index (χ3n) is 3.53. The van der Waals surface area contributed by atoms with E-state index >= 15 is 0 Å². The van der Waals surface area contributed by atoms with Crippen molar-refractivity contribution >= 4 is 23.3 Å². The molecule has 2 heterocycles. The van der Waals surface area contributed by atoms with E-state index in [1.807, 2.05) is 48.4 Å². The molecule has 2 aromatic rings. The minimum atomic E-state index is -0.455. The molecule has 0 spiro atoms. The van der Waals surface area contributed by atoms with E-state index in [2.05, 4.69) is 10.6 Å². The number of rotatable bonds is 8. The minimum Gasteiger partial charge on any atom is -0.468 e. The van der Waals surface area contributed by atoms with Gasteiger partial charge in [-0.25, -0.2) is 4.79 Å². The van der Waals surface area contributed by atoms with E-state index < -0.39 is 6.03 Å². The smallest absolute Gasteiger partial charge is 0.321 e. The van der Waals surface area contributed by atoms with Gasteiger partial charge < -0.3 is 9.73 Å². The molecule has 3 amide bonds. The molecule has 0 aliphatic carbocycles. The third kappa shape index (κ3) is 6.17. The fourth-order valence-corrected chi connectivity index (χ4v) is 2.89. The van der Waals surface area contributed by atoms with E-state index in [1.54, 1.807) is 17.6 Å². The first-order valence-electron chi connectivity index (χ1n) is 7.94. The Hall–Kier alpha value is -2.12. The zero-order valence-electron chi connectivity index (χ0n) is 14.0. The third-order valence-corrected chi connectivity index (χ3v) is 4.39. The lowest BCUT2D eigenvalue weighted by molar-refractivity contribution is -0.121. The first kappa shape index (κ1) is 18.2. The molecule has 0 saturated heterocycles. The molecular formula is C17H23N3O3S. The standard InChI is InChI=1S/C17H23N3O3S/c1-3-13(2)18-17(22)19-16(21)12-20(10-14-6-4-8-23-14)11-15-7-5-9-24-15/h4-9,13H,3,10-12H2,1-2H3,(H2,18,19,21,22)/t13-/m0/s1. The maximum Gasteiger partial charge on any atom is 0.321 e. The lowest BCUT2D eigenvalue weighted by Gasteiger charge is -2.20. The number of nitrogens with zero attached hydrogens (tertiary/aromatic N) is 1. The summed E-state index contributed by atoms with van der Waals surface area (Å²) in [4.78, 5) is 27.0. The molecule has 0 unspecified atom stereocenters. The Morgan fingerprint density at radius 3 is 2.75 bits per heavy atom. The molecule has 1 atom stereocenters. The summed E-state index contributed by atoms with van der Waals surface area (Å²) in [5, 5.41) is 7.10. The topological polar surface area (TPSA) is 74.6 Å². The summed E-state index contributed by atoms with van der Waals surface area (Å²) in [6.07, 6.45) is 2.42. The minimum absolute atomic E-state index is 0.0307. The van der Waals surface area contributed by atoms with Crippen LogP contribution in [0.15, 0.2) is 40.3 Å². The van der Waals surface area contributed by atoms with Gasteiger partial charge in [-0.2, -0.15) is 0 Å². The van der Waals surface area contributed by atoms with Crippen molar-refractivity contribution in [1.29, 1.82) is 0 Å². The molecule has 0 fully saturated rings. The molecule has 0 aromatic carbocycles. The predicted octanol–water partition coefficient (Wildman–Crippen LogP) is 2.97. The van der Waals surface area contributed by atoms with Crippen molar-refractivity contribution < 1.29 is 14.0 Å². The molecule has 24 heavy (non-hydrogen) atoms. The van der Waals surface area contributed by atoms with E-state index in [4.69, 9.17) is 4.42 Å². The number of hydrogen-bond acceptors (Lipinski definition) is 5. The van der Waals surface area contributed by atoms with Crippen LogP contribution in [0.5, 0.6) is 0 Å². The van der Waals surface area contributed by atoms with Gasteiger partial charge in [0.05, 0.1) is 19.4 Å². The maximum absolute atomic E-state index is 12.1. The number of carbonyl (C=O) groups excluding carboxylic acids is 2. The molecule has 2 N–H and O–H groups in total. The summed E-state index contributed by atoms with van der Waals surface area (Å²) in [6.45, 7) is 5.11. The Kier molecular flexibility index (Phi) is 7.02. The summed E-state index contributed by atoms with van der Waals surface area (Å²) in [5.41, 5.74) is 0. The van der Waals surface area contributed by atoms with Gasteiger partial charge in [-0.1, -0.05) is 13.0 Å². The SMILES string of the molecule is CC[C@H](C)NC(=O)NC(=O)CN(Cc1ccco1)Cc1cccs1. The van der Waals surface area contributed by atoms with Crippen LogP contribution in [0.4, 0.5) is 4.79 Å². The number of nitrogens with one attached hydrogen (secondary N) is 2. The number of thiophene rings is 1. The highest BCUT2D eigenvalue weighted by Gasteiger charge is 2.16. The summed E-state index contributed by atoms with van der Waals surface area (Å²) >= 11 is 1.63. The molecule has 0 bridgehead atoms. The van der Waals surface area contributed by atoms with Gasteiger partial charge in [-0.05, 0) is 36.9 Å². The highest BCUT2D eigenvalue weighted by atomic mass is 32.1. The van der Waals surface area contributed by atoms with Crippen LogP contribution in [0.3, 0.4) is 0 Å². The van der Waals surface area contributed by atoms with E-state index in [9.17, 15) is 9.59 Å². The van der Waals surface area contributed by atoms with Crippen LogP contribution in [-0.2, 0) is 17.9 Å². The summed E-state index contributed by atoms with van der Waals surface area (Å²) in [5.74, 6) is 0.447. The molecule has 6 nitrogen and oxygen atoms in total. The first-order chi connectivity index (χ1) is 11.6. The van der Waals surface area contributed by atoms with Gasteiger partial charge in [0.25, 0.3) is 0 Å². The van der Waals surface area contributed by atoms with Crippen LogP contribution in [0.1, 0.15) is 30.9 Å². The average Bonchev–Trinajstić information content (AvgIpc) is 3.20. The summed E-state index contributed by atoms with van der Waals surface area (Å²) in [6, 6.07) is 7.26. The maximum atomic E-state index is 12.1. The van der Waals surface area contributed by atoms with Crippen molar-refractivity contribution in [2.45, 2.75) is 39.4 Å². The quantitative estimate of drug-likeness (QED) is 0.768. The molecule has 0 aliphatic rings. The second-order valence-electron chi connectivity index (χ2n) is 5.63. The van der Waals surface area contributed by atoms with Crippen LogP contribution in [0, 0.1) is 0 Å². The van der Waals surface area contributed by atoms with Crippen molar-refractivity contribution in [3.8, 4) is 0 Å². The van der Waals surface area contributed by atoms with E-state index in [0.717, 1.165) is 17.1 Å². The summed E-state index contributed by atoms with van der Waals surface area (Å²) in [7, 11) is 0. The number of hydrogen-bond donors (Lipinski definition) is 2. The first-order valence-corrected chi connectivity index (χ1v) is 8.82. The lowest BCUT2D eigenvalue weighted by atomic mass is 10.3. The van der Waals surface area contributed by atoms with Gasteiger partial charge >= 0.3 is 6.03 Å². The van der Waals surface area contributed by atoms with Gasteiger partial charge in [0.1, 0.15) is 5.76 Å². The molecule has 2 rings (SSSR count). The second kappa shape index (κ2) is 9.24. The molecule has 2 aromatic heterocycles. The molecule has 0 radical (unpaired) electrons. The molecule has 0 saturated carbocycles. The monoisotopic (exact) mass is 349 g/mol. The van der Waals surface area contributed by atoms with E-state index in [0.29, 0.717) is 13.1 Å². The largest absolute Gasteiger partial charge is 0.468 e. The number of carbonyl (C=O) groups is 2. The average molecular weight is 349 g/mol. The second-order valence-corrected chi connectivity index (χ2v) is 6.67. The van der Waals surface area contributed by atoms with Gasteiger partial charge in [0.2, 0.25) is 5.91 Å². The highest BCUT2D eigenvalue weighted by molar-refractivity contribution is 7.09. The Balaban J connectivity index is 1.91. The van der Waals surface area contributed by atoms with E-state index in [1.165, 1.54) is 0 Å². The van der Waals surface area contributed by atoms with Crippen LogP contribution in [0.25, 0.3) is 0 Å². The fourth-order valence-electron chi connectivity index (χ4n) is 2.14.